The predicted octanol–water partition coefficient (Wildman–Crippen LogP) is 3.88. The minimum Gasteiger partial charge on any atom is -0.493 e. The SMILES string of the molecule is COc1cc(I)c(C(=O)NCCc2ccc(OC(F)F)cc2)cc1OC. The van der Waals surface area contributed by atoms with E-state index in [1.165, 1.54) is 26.4 Å². The van der Waals surface area contributed by atoms with E-state index in [2.05, 4.69) is 32.6 Å². The van der Waals surface area contributed by atoms with E-state index in [-0.39, 0.29) is 11.7 Å². The van der Waals surface area contributed by atoms with E-state index in [1.54, 1.807) is 24.3 Å². The van der Waals surface area contributed by atoms with Crippen LogP contribution in [0.2, 0.25) is 0 Å². The fourth-order valence-corrected chi connectivity index (χ4v) is 2.96. The number of methoxy groups -OCH3 is 2. The van der Waals surface area contributed by atoms with Crippen molar-refractivity contribution < 1.29 is 27.8 Å². The highest BCUT2D eigenvalue weighted by Crippen LogP contribution is 2.31. The molecule has 0 aliphatic heterocycles. The number of nitrogens with one attached hydrogen (secondary N) is 1. The molecule has 0 saturated heterocycles. The molecule has 0 spiro atoms. The molecule has 0 radical (unpaired) electrons. The number of ether oxygens (including phenoxy) is 3. The summed E-state index contributed by atoms with van der Waals surface area (Å²) in [6, 6.07) is 9.68. The minimum atomic E-state index is -2.84. The standard InChI is InChI=1S/C18H18F2INO4/c1-24-15-9-13(14(21)10-16(15)25-2)17(23)22-8-7-11-3-5-12(6-4-11)26-18(19)20/h3-6,9-10,18H,7-8H2,1-2H3,(H,22,23). The van der Waals surface area contributed by atoms with Crippen LogP contribution in [-0.2, 0) is 6.42 Å². The lowest BCUT2D eigenvalue weighted by atomic mass is 10.1. The van der Waals surface area contributed by atoms with Crippen molar-refractivity contribution in [2.24, 2.45) is 0 Å². The van der Waals surface area contributed by atoms with Gasteiger partial charge in [-0.05, 0) is 58.8 Å². The predicted molar refractivity (Wildman–Crippen MR) is 101 cm³/mol. The maximum atomic E-state index is 12.4. The molecule has 1 amide bonds. The van der Waals surface area contributed by atoms with Crippen LogP contribution in [0, 0.1) is 3.57 Å². The van der Waals surface area contributed by atoms with Gasteiger partial charge in [0.15, 0.2) is 11.5 Å². The number of benzene rings is 2. The Balaban J connectivity index is 1.94. The van der Waals surface area contributed by atoms with Crippen LogP contribution in [0.4, 0.5) is 8.78 Å². The Morgan fingerprint density at radius 3 is 2.31 bits per heavy atom. The lowest BCUT2D eigenvalue weighted by Crippen LogP contribution is -2.26. The number of halogens is 3. The molecule has 1 N–H and O–H groups in total. The lowest BCUT2D eigenvalue weighted by Gasteiger charge is -2.12. The fraction of sp³-hybridized carbons (Fsp3) is 0.278. The van der Waals surface area contributed by atoms with Gasteiger partial charge >= 0.3 is 6.61 Å². The van der Waals surface area contributed by atoms with Crippen molar-refractivity contribution in [3.05, 3.63) is 51.1 Å². The van der Waals surface area contributed by atoms with Crippen LogP contribution in [0.25, 0.3) is 0 Å². The smallest absolute Gasteiger partial charge is 0.387 e. The van der Waals surface area contributed by atoms with Gasteiger partial charge in [0.25, 0.3) is 5.91 Å². The van der Waals surface area contributed by atoms with Crippen molar-refractivity contribution in [2.75, 3.05) is 20.8 Å². The molecule has 2 rings (SSSR count). The van der Waals surface area contributed by atoms with Crippen molar-refractivity contribution in [2.45, 2.75) is 13.0 Å². The summed E-state index contributed by atoms with van der Waals surface area (Å²) in [5.41, 5.74) is 1.39. The van der Waals surface area contributed by atoms with Crippen LogP contribution in [-0.4, -0.2) is 33.3 Å². The zero-order valence-corrected chi connectivity index (χ0v) is 16.4. The molecule has 0 heterocycles. The summed E-state index contributed by atoms with van der Waals surface area (Å²) in [7, 11) is 3.04. The second-order valence-corrected chi connectivity index (χ2v) is 6.38. The third kappa shape index (κ3) is 5.45. The number of hydrogen-bond acceptors (Lipinski definition) is 4. The van der Waals surface area contributed by atoms with Gasteiger partial charge < -0.3 is 19.5 Å². The van der Waals surface area contributed by atoms with Crippen molar-refractivity contribution in [3.8, 4) is 17.2 Å². The zero-order chi connectivity index (χ0) is 19.1. The Morgan fingerprint density at radius 2 is 1.73 bits per heavy atom. The maximum Gasteiger partial charge on any atom is 0.387 e. The van der Waals surface area contributed by atoms with Crippen molar-refractivity contribution >= 4 is 28.5 Å². The van der Waals surface area contributed by atoms with Crippen LogP contribution < -0.4 is 19.5 Å². The van der Waals surface area contributed by atoms with Crippen molar-refractivity contribution in [1.29, 1.82) is 0 Å². The molecule has 140 valence electrons. The molecular weight excluding hydrogens is 459 g/mol. The first kappa shape index (κ1) is 20.2. The van der Waals surface area contributed by atoms with Gasteiger partial charge in [-0.25, -0.2) is 0 Å². The van der Waals surface area contributed by atoms with Crippen molar-refractivity contribution in [1.82, 2.24) is 5.32 Å². The van der Waals surface area contributed by atoms with Gasteiger partial charge in [0.1, 0.15) is 5.75 Å². The Labute approximate surface area is 163 Å². The first-order valence-electron chi connectivity index (χ1n) is 7.68. The van der Waals surface area contributed by atoms with E-state index < -0.39 is 6.61 Å². The summed E-state index contributed by atoms with van der Waals surface area (Å²) in [6.07, 6.45) is 0.560. The van der Waals surface area contributed by atoms with Crippen LogP contribution >= 0.6 is 22.6 Å². The van der Waals surface area contributed by atoms with E-state index in [9.17, 15) is 13.6 Å². The van der Waals surface area contributed by atoms with Gasteiger partial charge in [0.05, 0.1) is 19.8 Å². The highest BCUT2D eigenvalue weighted by atomic mass is 127. The summed E-state index contributed by atoms with van der Waals surface area (Å²) in [4.78, 5) is 12.4. The van der Waals surface area contributed by atoms with Crippen LogP contribution in [0.5, 0.6) is 17.2 Å². The van der Waals surface area contributed by atoms with Gasteiger partial charge in [-0.3, -0.25) is 4.79 Å². The molecule has 2 aromatic rings. The molecule has 5 nitrogen and oxygen atoms in total. The molecule has 0 aliphatic rings. The van der Waals surface area contributed by atoms with E-state index >= 15 is 0 Å². The third-order valence-corrected chi connectivity index (χ3v) is 4.46. The first-order chi connectivity index (χ1) is 12.4. The molecule has 0 fully saturated rings. The monoisotopic (exact) mass is 477 g/mol. The number of rotatable bonds is 8. The first-order valence-corrected chi connectivity index (χ1v) is 8.76. The Kier molecular flexibility index (Phi) is 7.43. The molecule has 0 unspecified atom stereocenters. The van der Waals surface area contributed by atoms with Gasteiger partial charge in [-0.15, -0.1) is 0 Å². The Hall–Kier alpha value is -2.10. The van der Waals surface area contributed by atoms with Gasteiger partial charge in [-0.1, -0.05) is 12.1 Å². The second kappa shape index (κ2) is 9.56. The Morgan fingerprint density at radius 1 is 1.12 bits per heavy atom. The largest absolute Gasteiger partial charge is 0.493 e. The summed E-state index contributed by atoms with van der Waals surface area (Å²) in [5, 5.41) is 2.83. The molecule has 2 aromatic carbocycles. The number of carbonyl (C=O) groups excluding carboxylic acids is 1. The topological polar surface area (TPSA) is 56.8 Å². The molecule has 0 bridgehead atoms. The zero-order valence-electron chi connectivity index (χ0n) is 14.2. The number of hydrogen-bond donors (Lipinski definition) is 1. The second-order valence-electron chi connectivity index (χ2n) is 5.22. The molecule has 0 atom stereocenters. The molecule has 8 heteroatoms. The van der Waals surface area contributed by atoms with E-state index in [0.717, 1.165) is 9.13 Å². The average molecular weight is 477 g/mol. The van der Waals surface area contributed by atoms with Crippen molar-refractivity contribution in [3.63, 3.8) is 0 Å². The van der Waals surface area contributed by atoms with Crippen LogP contribution in [0.15, 0.2) is 36.4 Å². The van der Waals surface area contributed by atoms with Crippen LogP contribution in [0.3, 0.4) is 0 Å². The minimum absolute atomic E-state index is 0.104. The number of alkyl halides is 2. The summed E-state index contributed by atoms with van der Waals surface area (Å²) >= 11 is 2.06. The fourth-order valence-electron chi connectivity index (χ4n) is 2.28. The summed E-state index contributed by atoms with van der Waals surface area (Å²) < 4.78 is 39.7. The van der Waals surface area contributed by atoms with E-state index in [4.69, 9.17) is 9.47 Å². The number of carbonyl (C=O) groups is 1. The molecule has 0 aromatic heterocycles. The normalized spacial score (nSPS) is 10.5. The maximum absolute atomic E-state index is 12.4. The average Bonchev–Trinajstić information content (AvgIpc) is 2.62. The highest BCUT2D eigenvalue weighted by Gasteiger charge is 2.15. The van der Waals surface area contributed by atoms with Crippen LogP contribution in [0.1, 0.15) is 15.9 Å². The molecule has 26 heavy (non-hydrogen) atoms. The van der Waals surface area contributed by atoms with Gasteiger partial charge in [0.2, 0.25) is 0 Å². The van der Waals surface area contributed by atoms with Gasteiger partial charge in [-0.2, -0.15) is 8.78 Å². The summed E-state index contributed by atoms with van der Waals surface area (Å²) in [5.74, 6) is 0.910. The third-order valence-electron chi connectivity index (χ3n) is 3.57. The molecule has 0 aliphatic carbocycles. The van der Waals surface area contributed by atoms with E-state index in [0.29, 0.717) is 30.0 Å². The highest BCUT2D eigenvalue weighted by molar-refractivity contribution is 14.1. The van der Waals surface area contributed by atoms with E-state index in [1.807, 2.05) is 0 Å². The lowest BCUT2D eigenvalue weighted by molar-refractivity contribution is -0.0498. The number of amides is 1. The molecule has 0 saturated carbocycles. The van der Waals surface area contributed by atoms with Gasteiger partial charge in [0, 0.05) is 10.1 Å². The quantitative estimate of drug-likeness (QED) is 0.587. The summed E-state index contributed by atoms with van der Waals surface area (Å²) in [6.45, 7) is -2.44. The Bertz CT molecular complexity index is 754. The molecular formula is C18H18F2INO4.